The molecule has 1 aliphatic heterocycles. The van der Waals surface area contributed by atoms with E-state index in [4.69, 9.17) is 0 Å². The van der Waals surface area contributed by atoms with E-state index < -0.39 is 18.8 Å². The molecule has 1 aliphatic rings. The highest BCUT2D eigenvalue weighted by atomic mass is 19.4. The lowest BCUT2D eigenvalue weighted by Crippen LogP contribution is -2.29. The molecular formula is C19H21F4N3O2. The number of benzene rings is 1. The number of aromatic nitrogens is 2. The number of nitrogens with zero attached hydrogens (tertiary/aromatic N) is 2. The number of esters is 1. The number of imidazole rings is 1. The van der Waals surface area contributed by atoms with Crippen LogP contribution in [-0.4, -0.2) is 41.4 Å². The fourth-order valence-electron chi connectivity index (χ4n) is 3.28. The minimum Gasteiger partial charge on any atom is -0.457 e. The van der Waals surface area contributed by atoms with E-state index >= 15 is 0 Å². The minimum absolute atomic E-state index is 0.0637. The Bertz CT molecular complexity index is 842. The van der Waals surface area contributed by atoms with Crippen LogP contribution in [0.15, 0.2) is 24.4 Å². The van der Waals surface area contributed by atoms with Crippen LogP contribution in [0, 0.1) is 12.7 Å². The first-order valence-electron chi connectivity index (χ1n) is 9.04. The van der Waals surface area contributed by atoms with Gasteiger partial charge in [0.2, 0.25) is 0 Å². The number of alkyl halides is 3. The quantitative estimate of drug-likeness (QED) is 0.617. The molecule has 0 spiro atoms. The first-order valence-corrected chi connectivity index (χ1v) is 9.04. The van der Waals surface area contributed by atoms with Crippen LogP contribution < -0.4 is 5.32 Å². The molecule has 0 saturated carbocycles. The van der Waals surface area contributed by atoms with E-state index in [1.165, 1.54) is 6.07 Å². The van der Waals surface area contributed by atoms with Gasteiger partial charge in [0, 0.05) is 17.7 Å². The molecule has 0 radical (unpaired) electrons. The molecule has 0 atom stereocenters. The monoisotopic (exact) mass is 399 g/mol. The van der Waals surface area contributed by atoms with Crippen LogP contribution in [0.1, 0.15) is 30.1 Å². The third-order valence-electron chi connectivity index (χ3n) is 4.76. The number of piperidine rings is 1. The Labute approximate surface area is 159 Å². The Morgan fingerprint density at radius 2 is 2.04 bits per heavy atom. The molecule has 5 nitrogen and oxygen atoms in total. The molecule has 1 fully saturated rings. The van der Waals surface area contributed by atoms with E-state index in [0.29, 0.717) is 11.3 Å². The Kier molecular flexibility index (Phi) is 6.02. The highest BCUT2D eigenvalue weighted by Gasteiger charge is 2.40. The van der Waals surface area contributed by atoms with Gasteiger partial charge >= 0.3 is 12.1 Å². The summed E-state index contributed by atoms with van der Waals surface area (Å²) in [7, 11) is 0. The van der Waals surface area contributed by atoms with Crippen molar-refractivity contribution >= 4 is 5.97 Å². The fourth-order valence-corrected chi connectivity index (χ4v) is 3.28. The summed E-state index contributed by atoms with van der Waals surface area (Å²) in [6.07, 6.45) is -1.60. The van der Waals surface area contributed by atoms with Gasteiger partial charge in [0.1, 0.15) is 18.2 Å². The van der Waals surface area contributed by atoms with Gasteiger partial charge in [0.25, 0.3) is 0 Å². The predicted molar refractivity (Wildman–Crippen MR) is 94.2 cm³/mol. The summed E-state index contributed by atoms with van der Waals surface area (Å²) in [5.41, 5.74) is 1.81. The van der Waals surface area contributed by atoms with Crippen LogP contribution in [-0.2, 0) is 16.1 Å². The second kappa shape index (κ2) is 8.30. The van der Waals surface area contributed by atoms with E-state index in [0.717, 1.165) is 37.3 Å². The molecule has 0 unspecified atom stereocenters. The topological polar surface area (TPSA) is 56.1 Å². The molecule has 1 aromatic heterocycles. The molecule has 1 N–H and O–H groups in total. The van der Waals surface area contributed by atoms with Gasteiger partial charge in [-0.1, -0.05) is 0 Å². The summed E-state index contributed by atoms with van der Waals surface area (Å²) in [5.74, 6) is -1.64. The summed E-state index contributed by atoms with van der Waals surface area (Å²) in [6.45, 7) is 2.96. The molecule has 152 valence electrons. The van der Waals surface area contributed by atoms with Gasteiger partial charge in [-0.2, -0.15) is 13.2 Å². The largest absolute Gasteiger partial charge is 0.490 e. The predicted octanol–water partition coefficient (Wildman–Crippen LogP) is 3.57. The maximum atomic E-state index is 13.6. The number of halogens is 4. The van der Waals surface area contributed by atoms with Gasteiger partial charge < -0.3 is 14.6 Å². The molecule has 1 aromatic carbocycles. The third kappa shape index (κ3) is 4.70. The summed E-state index contributed by atoms with van der Waals surface area (Å²) in [6, 6.07) is 4.65. The smallest absolute Gasteiger partial charge is 0.457 e. The average molecular weight is 399 g/mol. The maximum absolute atomic E-state index is 13.6. The van der Waals surface area contributed by atoms with Crippen molar-refractivity contribution in [3.8, 4) is 11.3 Å². The number of aryl methyl sites for hydroxylation is 1. The van der Waals surface area contributed by atoms with Crippen LogP contribution in [0.2, 0.25) is 0 Å². The molecule has 3 rings (SSSR count). The van der Waals surface area contributed by atoms with Crippen LogP contribution in [0.25, 0.3) is 11.3 Å². The number of carbonyl (C=O) groups excluding carboxylic acids is 1. The van der Waals surface area contributed by atoms with Crippen molar-refractivity contribution in [2.75, 3.05) is 19.7 Å². The van der Waals surface area contributed by atoms with Crippen LogP contribution >= 0.6 is 0 Å². The minimum atomic E-state index is -5.01. The van der Waals surface area contributed by atoms with Crippen molar-refractivity contribution in [2.24, 2.45) is 0 Å². The van der Waals surface area contributed by atoms with E-state index in [2.05, 4.69) is 15.0 Å². The molecule has 2 aromatic rings. The molecule has 0 aliphatic carbocycles. The van der Waals surface area contributed by atoms with Gasteiger partial charge in [0.15, 0.2) is 0 Å². The molecular weight excluding hydrogens is 378 g/mol. The summed E-state index contributed by atoms with van der Waals surface area (Å²) >= 11 is 0. The lowest BCUT2D eigenvalue weighted by Gasteiger charge is -2.23. The van der Waals surface area contributed by atoms with Gasteiger partial charge in [-0.05, 0) is 56.6 Å². The Morgan fingerprint density at radius 1 is 1.32 bits per heavy atom. The van der Waals surface area contributed by atoms with Gasteiger partial charge in [-0.15, -0.1) is 0 Å². The first kappa shape index (κ1) is 20.3. The van der Waals surface area contributed by atoms with Crippen molar-refractivity contribution in [1.82, 2.24) is 14.9 Å². The van der Waals surface area contributed by atoms with Crippen molar-refractivity contribution < 1.29 is 27.1 Å². The van der Waals surface area contributed by atoms with Gasteiger partial charge in [-0.25, -0.2) is 14.2 Å². The van der Waals surface area contributed by atoms with Crippen molar-refractivity contribution in [3.63, 3.8) is 0 Å². The molecule has 0 bridgehead atoms. The standard InChI is InChI=1S/C19H21F4N3O2/c1-12-10-14(2-3-15(12)20)16-11-26(8-9-28-18(27)19(21,22)23)17(25-16)13-4-6-24-7-5-13/h2-3,10-11,13,24H,4-9H2,1H3. The average Bonchev–Trinajstić information content (AvgIpc) is 3.08. The zero-order chi connectivity index (χ0) is 20.3. The second-order valence-electron chi connectivity index (χ2n) is 6.80. The lowest BCUT2D eigenvalue weighted by atomic mass is 9.97. The number of hydrogen-bond acceptors (Lipinski definition) is 4. The van der Waals surface area contributed by atoms with E-state index in [9.17, 15) is 22.4 Å². The van der Waals surface area contributed by atoms with E-state index in [1.807, 2.05) is 0 Å². The fraction of sp³-hybridized carbons (Fsp3) is 0.474. The summed E-state index contributed by atoms with van der Waals surface area (Å²) in [5, 5.41) is 3.26. The molecule has 0 amide bonds. The normalized spacial score (nSPS) is 15.6. The zero-order valence-electron chi connectivity index (χ0n) is 15.4. The molecule has 2 heterocycles. The second-order valence-corrected chi connectivity index (χ2v) is 6.80. The first-order chi connectivity index (χ1) is 13.3. The van der Waals surface area contributed by atoms with E-state index in [-0.39, 0.29) is 18.3 Å². The number of hydrogen-bond donors (Lipinski definition) is 1. The van der Waals surface area contributed by atoms with Crippen molar-refractivity contribution in [2.45, 2.75) is 38.4 Å². The lowest BCUT2D eigenvalue weighted by molar-refractivity contribution is -0.199. The number of nitrogens with one attached hydrogen (secondary N) is 1. The van der Waals surface area contributed by atoms with Crippen LogP contribution in [0.4, 0.5) is 17.6 Å². The highest BCUT2D eigenvalue weighted by molar-refractivity contribution is 5.75. The number of ether oxygens (including phenoxy) is 1. The van der Waals surface area contributed by atoms with E-state index in [1.54, 1.807) is 29.8 Å². The van der Waals surface area contributed by atoms with Crippen molar-refractivity contribution in [1.29, 1.82) is 0 Å². The SMILES string of the molecule is Cc1cc(-c2cn(CCOC(=O)C(F)(F)F)c(C3CCNCC3)n2)ccc1F. The van der Waals surface area contributed by atoms with Gasteiger partial charge in [0.05, 0.1) is 12.2 Å². The Hall–Kier alpha value is -2.42. The molecule has 1 saturated heterocycles. The van der Waals surface area contributed by atoms with Gasteiger partial charge in [-0.3, -0.25) is 0 Å². The third-order valence-corrected chi connectivity index (χ3v) is 4.76. The number of rotatable bonds is 5. The van der Waals surface area contributed by atoms with Crippen LogP contribution in [0.3, 0.4) is 0 Å². The van der Waals surface area contributed by atoms with Crippen molar-refractivity contribution in [3.05, 3.63) is 41.6 Å². The molecule has 9 heteroatoms. The van der Waals surface area contributed by atoms with Crippen LogP contribution in [0.5, 0.6) is 0 Å². The molecule has 28 heavy (non-hydrogen) atoms. The zero-order valence-corrected chi connectivity index (χ0v) is 15.4. The maximum Gasteiger partial charge on any atom is 0.490 e. The summed E-state index contributed by atoms with van der Waals surface area (Å²) in [4.78, 5) is 15.6. The summed E-state index contributed by atoms with van der Waals surface area (Å²) < 4.78 is 56.5. The highest BCUT2D eigenvalue weighted by Crippen LogP contribution is 2.29. The number of carbonyl (C=O) groups is 1. The Morgan fingerprint density at radius 3 is 2.68 bits per heavy atom. The Balaban J connectivity index is 1.83.